The van der Waals surface area contributed by atoms with Crippen molar-refractivity contribution >= 4 is 46.3 Å². The van der Waals surface area contributed by atoms with Crippen LogP contribution < -0.4 is 5.32 Å². The molecule has 2 N–H and O–H groups in total. The van der Waals surface area contributed by atoms with Crippen LogP contribution in [0.4, 0.5) is 22.7 Å². The predicted molar refractivity (Wildman–Crippen MR) is 119 cm³/mol. The van der Waals surface area contributed by atoms with E-state index in [1.165, 1.54) is 48.5 Å². The molecule has 0 heterocycles. The number of benzene rings is 3. The summed E-state index contributed by atoms with van der Waals surface area (Å²) in [5, 5.41) is 41.3. The molecule has 0 aliphatic carbocycles. The van der Waals surface area contributed by atoms with Crippen molar-refractivity contribution in [2.24, 2.45) is 10.2 Å². The molecule has 3 rings (SSSR count). The summed E-state index contributed by atoms with van der Waals surface area (Å²) >= 11 is 5.81. The molecule has 0 unspecified atom stereocenters. The molecule has 0 saturated heterocycles. The van der Waals surface area contributed by atoms with Gasteiger partial charge in [0.1, 0.15) is 17.4 Å². The summed E-state index contributed by atoms with van der Waals surface area (Å²) in [6.07, 6.45) is 1.23. The number of non-ortho nitro benzene ring substituents is 1. The van der Waals surface area contributed by atoms with Gasteiger partial charge in [0.15, 0.2) is 0 Å². The molecule has 32 heavy (non-hydrogen) atoms. The maximum Gasteiger partial charge on any atom is 0.269 e. The molecule has 10 heteroatoms. The number of aromatic hydroxyl groups is 1. The number of amides is 1. The number of anilines is 1. The van der Waals surface area contributed by atoms with Crippen LogP contribution in [0.15, 0.2) is 82.5 Å². The van der Waals surface area contributed by atoms with Crippen LogP contribution >= 0.6 is 11.6 Å². The fourth-order valence-electron chi connectivity index (χ4n) is 2.51. The lowest BCUT2D eigenvalue weighted by molar-refractivity contribution is -0.384. The van der Waals surface area contributed by atoms with Crippen molar-refractivity contribution in [2.75, 3.05) is 5.32 Å². The Morgan fingerprint density at radius 3 is 2.31 bits per heavy atom. The van der Waals surface area contributed by atoms with Crippen LogP contribution in [0.3, 0.4) is 0 Å². The number of nitrogens with one attached hydrogen (secondary N) is 1. The first-order chi connectivity index (χ1) is 15.4. The number of nitro benzene ring substituents is 1. The van der Waals surface area contributed by atoms with Crippen molar-refractivity contribution in [1.82, 2.24) is 0 Å². The van der Waals surface area contributed by atoms with Crippen LogP contribution in [0.2, 0.25) is 5.02 Å². The van der Waals surface area contributed by atoms with Gasteiger partial charge in [-0.05, 0) is 60.7 Å². The van der Waals surface area contributed by atoms with Gasteiger partial charge in [-0.3, -0.25) is 14.9 Å². The molecule has 0 saturated carbocycles. The van der Waals surface area contributed by atoms with E-state index in [1.54, 1.807) is 30.3 Å². The van der Waals surface area contributed by atoms with Crippen molar-refractivity contribution in [1.29, 1.82) is 5.26 Å². The van der Waals surface area contributed by atoms with Crippen molar-refractivity contribution in [3.63, 3.8) is 0 Å². The SMILES string of the molecule is N#CC(=Cc1cc(N=Nc2ccc([N+](=O)[O-])cc2)ccc1O)C(=O)Nc1ccc(Cl)cc1. The second kappa shape index (κ2) is 9.97. The predicted octanol–water partition coefficient (Wildman–Crippen LogP) is 5.91. The molecule has 0 aliphatic heterocycles. The third-order valence-corrected chi connectivity index (χ3v) is 4.37. The molecule has 158 valence electrons. The Hall–Kier alpha value is -4.55. The fourth-order valence-corrected chi connectivity index (χ4v) is 2.64. The van der Waals surface area contributed by atoms with Crippen LogP contribution in [0, 0.1) is 21.4 Å². The highest BCUT2D eigenvalue weighted by Gasteiger charge is 2.11. The van der Waals surface area contributed by atoms with Gasteiger partial charge in [0, 0.05) is 28.4 Å². The summed E-state index contributed by atoms with van der Waals surface area (Å²) in [4.78, 5) is 22.6. The Kier molecular flexibility index (Phi) is 6.90. The lowest BCUT2D eigenvalue weighted by Crippen LogP contribution is -2.13. The van der Waals surface area contributed by atoms with Gasteiger partial charge in [-0.1, -0.05) is 11.6 Å². The molecule has 0 bridgehead atoms. The topological polar surface area (TPSA) is 141 Å². The minimum atomic E-state index is -0.660. The Balaban J connectivity index is 1.80. The fraction of sp³-hybridized carbons (Fsp3) is 0. The smallest absolute Gasteiger partial charge is 0.269 e. The summed E-state index contributed by atoms with van der Waals surface area (Å²) < 4.78 is 0. The first-order valence-corrected chi connectivity index (χ1v) is 9.41. The summed E-state index contributed by atoms with van der Waals surface area (Å²) in [5.74, 6) is -0.821. The van der Waals surface area contributed by atoms with Gasteiger partial charge in [0.2, 0.25) is 0 Å². The minimum Gasteiger partial charge on any atom is -0.507 e. The summed E-state index contributed by atoms with van der Waals surface area (Å²) in [6.45, 7) is 0. The van der Waals surface area contributed by atoms with Gasteiger partial charge in [-0.15, -0.1) is 0 Å². The minimum absolute atomic E-state index is 0.0677. The normalized spacial score (nSPS) is 11.2. The highest BCUT2D eigenvalue weighted by atomic mass is 35.5. The molecule has 1 amide bonds. The zero-order valence-corrected chi connectivity index (χ0v) is 17.0. The van der Waals surface area contributed by atoms with Crippen molar-refractivity contribution in [2.45, 2.75) is 0 Å². The number of azo groups is 1. The maximum absolute atomic E-state index is 12.4. The van der Waals surface area contributed by atoms with Crippen LogP contribution in [0.5, 0.6) is 5.75 Å². The molecule has 3 aromatic rings. The second-order valence-corrected chi connectivity index (χ2v) is 6.78. The standard InChI is InChI=1S/C22H14ClN5O4/c23-16-1-3-17(4-2-16)25-22(30)15(13-24)11-14-12-19(7-10-21(14)29)27-26-18-5-8-20(9-6-18)28(31)32/h1-12,29H,(H,25,30). The third-order valence-electron chi connectivity index (χ3n) is 4.12. The van der Waals surface area contributed by atoms with E-state index in [0.29, 0.717) is 22.1 Å². The quantitative estimate of drug-likeness (QED) is 0.159. The lowest BCUT2D eigenvalue weighted by Gasteiger charge is -2.05. The number of nitrogens with zero attached hydrogens (tertiary/aromatic N) is 4. The number of hydrogen-bond donors (Lipinski definition) is 2. The molecule has 3 aromatic carbocycles. The first kappa shape index (κ1) is 22.1. The van der Waals surface area contributed by atoms with E-state index in [0.717, 1.165) is 0 Å². The largest absolute Gasteiger partial charge is 0.507 e. The van der Waals surface area contributed by atoms with Crippen LogP contribution in [0.1, 0.15) is 5.56 Å². The van der Waals surface area contributed by atoms with Crippen LogP contribution in [-0.2, 0) is 4.79 Å². The van der Waals surface area contributed by atoms with E-state index in [4.69, 9.17) is 11.6 Å². The zero-order valence-electron chi connectivity index (χ0n) is 16.3. The van der Waals surface area contributed by atoms with E-state index >= 15 is 0 Å². The van der Waals surface area contributed by atoms with E-state index in [2.05, 4.69) is 15.5 Å². The highest BCUT2D eigenvalue weighted by molar-refractivity contribution is 6.30. The summed E-state index contributed by atoms with van der Waals surface area (Å²) in [5.41, 5.74) is 1.06. The van der Waals surface area contributed by atoms with E-state index < -0.39 is 10.8 Å². The monoisotopic (exact) mass is 447 g/mol. The van der Waals surface area contributed by atoms with Crippen molar-refractivity contribution in [3.8, 4) is 11.8 Å². The number of nitriles is 1. The van der Waals surface area contributed by atoms with Gasteiger partial charge in [-0.2, -0.15) is 15.5 Å². The highest BCUT2D eigenvalue weighted by Crippen LogP contribution is 2.28. The average Bonchev–Trinajstić information content (AvgIpc) is 2.79. The average molecular weight is 448 g/mol. The first-order valence-electron chi connectivity index (χ1n) is 9.03. The van der Waals surface area contributed by atoms with Gasteiger partial charge in [0.05, 0.1) is 16.3 Å². The molecule has 0 spiro atoms. The van der Waals surface area contributed by atoms with Gasteiger partial charge in [-0.25, -0.2) is 0 Å². The van der Waals surface area contributed by atoms with Crippen LogP contribution in [0.25, 0.3) is 6.08 Å². The Bertz CT molecular complexity index is 1260. The number of rotatable bonds is 6. The molecule has 0 radical (unpaired) electrons. The molecule has 0 fully saturated rings. The molecular formula is C22H14ClN5O4. The number of phenols is 1. The number of phenolic OH excluding ortho intramolecular Hbond substituents is 1. The lowest BCUT2D eigenvalue weighted by atomic mass is 10.1. The van der Waals surface area contributed by atoms with Gasteiger partial charge in [0.25, 0.3) is 11.6 Å². The number of halogens is 1. The molecule has 9 nitrogen and oxygen atoms in total. The van der Waals surface area contributed by atoms with Crippen molar-refractivity contribution < 1.29 is 14.8 Å². The number of nitro groups is 1. The summed E-state index contributed by atoms with van der Waals surface area (Å²) in [6, 6.07) is 17.9. The molecule has 0 aliphatic rings. The Morgan fingerprint density at radius 1 is 1.06 bits per heavy atom. The molecule has 0 aromatic heterocycles. The number of carbonyl (C=O) groups excluding carboxylic acids is 1. The Labute approximate surface area is 187 Å². The molecule has 0 atom stereocenters. The van der Waals surface area contributed by atoms with Crippen LogP contribution in [-0.4, -0.2) is 15.9 Å². The van der Waals surface area contributed by atoms with E-state index in [1.807, 2.05) is 0 Å². The summed E-state index contributed by atoms with van der Waals surface area (Å²) in [7, 11) is 0. The second-order valence-electron chi connectivity index (χ2n) is 6.35. The van der Waals surface area contributed by atoms with E-state index in [-0.39, 0.29) is 22.6 Å². The van der Waals surface area contributed by atoms with E-state index in [9.17, 15) is 25.3 Å². The zero-order chi connectivity index (χ0) is 23.1. The van der Waals surface area contributed by atoms with Crippen molar-refractivity contribution in [3.05, 3.63) is 93.0 Å². The third kappa shape index (κ3) is 5.75. The number of carbonyl (C=O) groups is 1. The Morgan fingerprint density at radius 2 is 1.69 bits per heavy atom. The maximum atomic E-state index is 12.4. The van der Waals surface area contributed by atoms with Gasteiger partial charge < -0.3 is 10.4 Å². The van der Waals surface area contributed by atoms with Gasteiger partial charge >= 0.3 is 0 Å². The molecular weight excluding hydrogens is 434 g/mol. The number of hydrogen-bond acceptors (Lipinski definition) is 7.